The normalized spacial score (nSPS) is 23.7. The Bertz CT molecular complexity index is 662. The van der Waals surface area contributed by atoms with E-state index >= 15 is 0 Å². The van der Waals surface area contributed by atoms with Crippen LogP contribution in [0.15, 0.2) is 16.6 Å². The largest absolute Gasteiger partial charge is 0.493 e. The van der Waals surface area contributed by atoms with Crippen molar-refractivity contribution in [3.63, 3.8) is 0 Å². The molecule has 25 heavy (non-hydrogen) atoms. The maximum atomic E-state index is 12.0. The lowest BCUT2D eigenvalue weighted by atomic mass is 9.99. The van der Waals surface area contributed by atoms with E-state index in [2.05, 4.69) is 26.1 Å². The van der Waals surface area contributed by atoms with Crippen LogP contribution in [0.4, 0.5) is 4.79 Å². The van der Waals surface area contributed by atoms with E-state index in [4.69, 9.17) is 21.1 Å². The molecule has 3 rings (SSSR count). The number of carbonyl (C=O) groups excluding carboxylic acids is 1. The Labute approximate surface area is 162 Å². The second kappa shape index (κ2) is 7.33. The minimum Gasteiger partial charge on any atom is -0.493 e. The summed E-state index contributed by atoms with van der Waals surface area (Å²) < 4.78 is 12.1. The predicted molar refractivity (Wildman–Crippen MR) is 101 cm³/mol. The van der Waals surface area contributed by atoms with Crippen molar-refractivity contribution in [3.8, 4) is 5.75 Å². The van der Waals surface area contributed by atoms with Gasteiger partial charge in [0.15, 0.2) is 0 Å². The second-order valence-electron chi connectivity index (χ2n) is 7.58. The molecule has 0 unspecified atom stereocenters. The number of rotatable bonds is 2. The predicted octanol–water partition coefficient (Wildman–Crippen LogP) is 4.53. The first kappa shape index (κ1) is 18.8. The summed E-state index contributed by atoms with van der Waals surface area (Å²) in [5.41, 5.74) is 0.567. The first-order valence-corrected chi connectivity index (χ1v) is 9.75. The van der Waals surface area contributed by atoms with Crippen molar-refractivity contribution >= 4 is 33.6 Å². The van der Waals surface area contributed by atoms with E-state index in [1.54, 1.807) is 0 Å². The second-order valence-corrected chi connectivity index (χ2v) is 8.90. The van der Waals surface area contributed by atoms with Crippen molar-refractivity contribution in [1.29, 1.82) is 0 Å². The maximum absolute atomic E-state index is 12.0. The molecule has 0 aromatic heterocycles. The Balaban J connectivity index is 1.67. The number of amides is 1. The number of hydrogen-bond donors (Lipinski definition) is 1. The lowest BCUT2D eigenvalue weighted by molar-refractivity contribution is 0.0503. The Kier molecular flexibility index (Phi) is 5.51. The third-order valence-corrected chi connectivity index (χ3v) is 5.19. The standard InChI is InChI=1S/C18H24BrClN2O3/c1-18(2,3)25-17(23)21-12-4-6-22(10-12)14-5-7-24-15-9-11(19)8-13(20)16(14)15/h8-9,12,14H,4-7,10H2,1-3H3,(H,21,23)/t12-,14-/m1/s1. The fourth-order valence-corrected chi connectivity index (χ4v) is 4.36. The molecule has 5 nitrogen and oxygen atoms in total. The van der Waals surface area contributed by atoms with E-state index in [1.807, 2.05) is 32.9 Å². The van der Waals surface area contributed by atoms with Gasteiger partial charge >= 0.3 is 6.09 Å². The number of ether oxygens (including phenoxy) is 2. The number of benzene rings is 1. The molecule has 0 saturated carbocycles. The third-order valence-electron chi connectivity index (χ3n) is 4.42. The van der Waals surface area contributed by atoms with Crippen molar-refractivity contribution < 1.29 is 14.3 Å². The third kappa shape index (κ3) is 4.60. The molecule has 0 bridgehead atoms. The minimum absolute atomic E-state index is 0.0929. The van der Waals surface area contributed by atoms with Gasteiger partial charge in [0.2, 0.25) is 0 Å². The summed E-state index contributed by atoms with van der Waals surface area (Å²) in [5.74, 6) is 0.846. The van der Waals surface area contributed by atoms with Crippen LogP contribution in [0.5, 0.6) is 5.75 Å². The van der Waals surface area contributed by atoms with Crippen molar-refractivity contribution in [1.82, 2.24) is 10.2 Å². The van der Waals surface area contributed by atoms with Gasteiger partial charge in [-0.3, -0.25) is 4.90 Å². The molecule has 1 amide bonds. The molecular weight excluding hydrogens is 408 g/mol. The summed E-state index contributed by atoms with van der Waals surface area (Å²) in [6, 6.07) is 4.19. The summed E-state index contributed by atoms with van der Waals surface area (Å²) in [4.78, 5) is 14.4. The zero-order valence-corrected chi connectivity index (χ0v) is 17.1. The van der Waals surface area contributed by atoms with E-state index in [0.717, 1.165) is 46.7 Å². The van der Waals surface area contributed by atoms with Crippen LogP contribution in [0.3, 0.4) is 0 Å². The molecule has 0 spiro atoms. The highest BCUT2D eigenvalue weighted by atomic mass is 79.9. The summed E-state index contributed by atoms with van der Waals surface area (Å²) in [7, 11) is 0. The molecule has 1 saturated heterocycles. The number of hydrogen-bond acceptors (Lipinski definition) is 4. The molecule has 138 valence electrons. The van der Waals surface area contributed by atoms with Gasteiger partial charge in [-0.05, 0) is 39.3 Å². The Morgan fingerprint density at radius 1 is 1.40 bits per heavy atom. The zero-order chi connectivity index (χ0) is 18.2. The van der Waals surface area contributed by atoms with Crippen LogP contribution in [-0.4, -0.2) is 42.3 Å². The van der Waals surface area contributed by atoms with Gasteiger partial charge in [-0.15, -0.1) is 0 Å². The number of nitrogens with one attached hydrogen (secondary N) is 1. The summed E-state index contributed by atoms with van der Waals surface area (Å²) in [6.07, 6.45) is 1.45. The van der Waals surface area contributed by atoms with E-state index in [9.17, 15) is 4.79 Å². The van der Waals surface area contributed by atoms with Crippen molar-refractivity contribution in [2.75, 3.05) is 19.7 Å². The molecule has 2 heterocycles. The Morgan fingerprint density at radius 3 is 2.88 bits per heavy atom. The van der Waals surface area contributed by atoms with Crippen LogP contribution in [0.25, 0.3) is 0 Å². The van der Waals surface area contributed by atoms with Crippen LogP contribution in [0.2, 0.25) is 5.02 Å². The highest BCUT2D eigenvalue weighted by Gasteiger charge is 2.35. The number of fused-ring (bicyclic) bond motifs is 1. The van der Waals surface area contributed by atoms with Crippen molar-refractivity contribution in [3.05, 3.63) is 27.2 Å². The molecule has 2 aliphatic rings. The number of halogens is 2. The summed E-state index contributed by atoms with van der Waals surface area (Å²) >= 11 is 9.95. The number of nitrogens with zero attached hydrogens (tertiary/aromatic N) is 1. The molecule has 1 fully saturated rings. The average Bonchev–Trinajstić information content (AvgIpc) is 2.92. The lowest BCUT2D eigenvalue weighted by Crippen LogP contribution is -2.41. The van der Waals surface area contributed by atoms with E-state index in [0.29, 0.717) is 6.61 Å². The van der Waals surface area contributed by atoms with Gasteiger partial charge in [0.1, 0.15) is 11.4 Å². The maximum Gasteiger partial charge on any atom is 0.407 e. The lowest BCUT2D eigenvalue weighted by Gasteiger charge is -2.34. The van der Waals surface area contributed by atoms with E-state index < -0.39 is 5.60 Å². The van der Waals surface area contributed by atoms with Gasteiger partial charge in [-0.1, -0.05) is 27.5 Å². The Morgan fingerprint density at radius 2 is 2.16 bits per heavy atom. The monoisotopic (exact) mass is 430 g/mol. The van der Waals surface area contributed by atoms with E-state index in [1.165, 1.54) is 0 Å². The smallest absolute Gasteiger partial charge is 0.407 e. The fourth-order valence-electron chi connectivity index (χ4n) is 3.46. The molecule has 0 radical (unpaired) electrons. The molecule has 0 aliphatic carbocycles. The van der Waals surface area contributed by atoms with Crippen LogP contribution in [-0.2, 0) is 4.74 Å². The average molecular weight is 432 g/mol. The highest BCUT2D eigenvalue weighted by Crippen LogP contribution is 2.43. The first-order valence-electron chi connectivity index (χ1n) is 8.58. The van der Waals surface area contributed by atoms with Crippen LogP contribution in [0.1, 0.15) is 45.2 Å². The topological polar surface area (TPSA) is 50.8 Å². The minimum atomic E-state index is -0.483. The van der Waals surface area contributed by atoms with Gasteiger partial charge in [0.25, 0.3) is 0 Å². The first-order chi connectivity index (χ1) is 11.7. The SMILES string of the molecule is CC(C)(C)OC(=O)N[C@@H]1CCN([C@@H]2CCOc3cc(Br)cc(Cl)c32)C1. The summed E-state index contributed by atoms with van der Waals surface area (Å²) in [5, 5.41) is 3.70. The van der Waals surface area contributed by atoms with E-state index in [-0.39, 0.29) is 18.2 Å². The van der Waals surface area contributed by atoms with Crippen molar-refractivity contribution in [2.24, 2.45) is 0 Å². The van der Waals surface area contributed by atoms with Crippen LogP contribution >= 0.6 is 27.5 Å². The molecule has 2 aliphatic heterocycles. The molecule has 1 N–H and O–H groups in total. The number of carbonyl (C=O) groups is 1. The Hall–Kier alpha value is -0.980. The molecule has 1 aromatic carbocycles. The summed E-state index contributed by atoms with van der Waals surface area (Å²) in [6.45, 7) is 7.98. The molecule has 1 aromatic rings. The van der Waals surface area contributed by atoms with Gasteiger partial charge in [-0.2, -0.15) is 0 Å². The molecular formula is C18H24BrClN2O3. The van der Waals surface area contributed by atoms with Gasteiger partial charge < -0.3 is 14.8 Å². The van der Waals surface area contributed by atoms with Gasteiger partial charge in [-0.25, -0.2) is 4.79 Å². The fraction of sp³-hybridized carbons (Fsp3) is 0.611. The quantitative estimate of drug-likeness (QED) is 0.748. The molecule has 2 atom stereocenters. The zero-order valence-electron chi connectivity index (χ0n) is 14.8. The number of alkyl carbamates (subject to hydrolysis) is 1. The van der Waals surface area contributed by atoms with Gasteiger partial charge in [0.05, 0.1) is 11.6 Å². The van der Waals surface area contributed by atoms with Crippen LogP contribution < -0.4 is 10.1 Å². The number of likely N-dealkylation sites (tertiary alicyclic amines) is 1. The highest BCUT2D eigenvalue weighted by molar-refractivity contribution is 9.10. The van der Waals surface area contributed by atoms with Gasteiger partial charge in [0, 0.05) is 41.6 Å². The van der Waals surface area contributed by atoms with Crippen LogP contribution in [0, 0.1) is 0 Å². The van der Waals surface area contributed by atoms with Crippen molar-refractivity contribution in [2.45, 2.75) is 51.3 Å². The molecule has 7 heteroatoms.